The zero-order chi connectivity index (χ0) is 16.2. The Kier molecular flexibility index (Phi) is 5.11. The summed E-state index contributed by atoms with van der Waals surface area (Å²) in [4.78, 5) is 22.9. The van der Waals surface area contributed by atoms with Crippen molar-refractivity contribution >= 4 is 12.0 Å². The molecule has 1 rings (SSSR count). The quantitative estimate of drug-likeness (QED) is 0.902. The molecule has 21 heavy (non-hydrogen) atoms. The van der Waals surface area contributed by atoms with Crippen molar-refractivity contribution in [2.24, 2.45) is 0 Å². The summed E-state index contributed by atoms with van der Waals surface area (Å²) in [5.41, 5.74) is -1.64. The number of carbonyl (C=O) groups is 2. The monoisotopic (exact) mass is 311 g/mol. The molecule has 0 bridgehead atoms. The van der Waals surface area contributed by atoms with Gasteiger partial charge in [0.1, 0.15) is 5.60 Å². The smallest absolute Gasteiger partial charge is 0.414 e. The van der Waals surface area contributed by atoms with Gasteiger partial charge >= 0.3 is 12.5 Å². The maximum atomic E-state index is 12.7. The van der Waals surface area contributed by atoms with Crippen LogP contribution in [-0.4, -0.2) is 40.7 Å². The van der Waals surface area contributed by atoms with Crippen LogP contribution in [0, 0.1) is 0 Å². The normalized spacial score (nSPS) is 12.9. The molecule has 1 atom stereocenters. The third-order valence-electron chi connectivity index (χ3n) is 1.71. The number of hydrogen-bond donors (Lipinski definition) is 1. The van der Waals surface area contributed by atoms with Gasteiger partial charge in [0, 0.05) is 0 Å². The van der Waals surface area contributed by atoms with Gasteiger partial charge in [-0.3, -0.25) is 10.1 Å². The van der Waals surface area contributed by atoms with Crippen LogP contribution in [0.1, 0.15) is 31.3 Å². The van der Waals surface area contributed by atoms with Crippen molar-refractivity contribution in [3.8, 4) is 5.88 Å². The molecular formula is C10H12F3N3O5. The van der Waals surface area contributed by atoms with E-state index in [4.69, 9.17) is 4.74 Å². The minimum absolute atomic E-state index is 0.774. The Morgan fingerprint density at radius 2 is 1.86 bits per heavy atom. The average molecular weight is 311 g/mol. The Bertz CT molecular complexity index is 514. The van der Waals surface area contributed by atoms with Crippen LogP contribution in [0.2, 0.25) is 0 Å². The van der Waals surface area contributed by atoms with E-state index in [9.17, 15) is 22.8 Å². The van der Waals surface area contributed by atoms with Crippen LogP contribution in [-0.2, 0) is 4.74 Å². The van der Waals surface area contributed by atoms with E-state index in [0.717, 1.165) is 0 Å². The predicted molar refractivity (Wildman–Crippen MR) is 59.5 cm³/mol. The first-order valence-corrected chi connectivity index (χ1v) is 5.56. The molecule has 118 valence electrons. The van der Waals surface area contributed by atoms with Gasteiger partial charge in [-0.1, -0.05) is 0 Å². The number of hydrogen-bond acceptors (Lipinski definition) is 7. The fourth-order valence-electron chi connectivity index (χ4n) is 1.01. The van der Waals surface area contributed by atoms with Gasteiger partial charge in [0.2, 0.25) is 5.69 Å². The number of ether oxygens (including phenoxy) is 2. The van der Waals surface area contributed by atoms with Gasteiger partial charge in [0.25, 0.3) is 18.1 Å². The van der Waals surface area contributed by atoms with E-state index in [0.29, 0.717) is 0 Å². The molecule has 0 aliphatic carbocycles. The summed E-state index contributed by atoms with van der Waals surface area (Å²) in [7, 11) is 0. The molecule has 0 radical (unpaired) electrons. The van der Waals surface area contributed by atoms with Crippen LogP contribution in [0.5, 0.6) is 5.88 Å². The first-order chi connectivity index (χ1) is 9.60. The van der Waals surface area contributed by atoms with Crippen LogP contribution >= 0.6 is 0 Å². The second kappa shape index (κ2) is 6.41. The zero-order valence-electron chi connectivity index (χ0n) is 11.2. The second-order valence-electron chi connectivity index (χ2n) is 4.68. The molecular weight excluding hydrogens is 299 g/mol. The van der Waals surface area contributed by atoms with Crippen LogP contribution in [0.15, 0.2) is 4.63 Å². The van der Waals surface area contributed by atoms with E-state index in [2.05, 4.69) is 19.7 Å². The standard InChI is InChI=1S/C10H12F3N3O5/c1-10(2,3)20-9(18)14-7(17)4-8(16-21-15-4)19-6(13)5(11)12/h5-6H,1-3H3,(H,14,17,18). The lowest BCUT2D eigenvalue weighted by atomic mass is 10.2. The molecule has 0 aromatic carbocycles. The van der Waals surface area contributed by atoms with Gasteiger partial charge in [-0.25, -0.2) is 18.2 Å². The summed E-state index contributed by atoms with van der Waals surface area (Å²) in [6.45, 7) is 4.67. The molecule has 1 unspecified atom stereocenters. The lowest BCUT2D eigenvalue weighted by Crippen LogP contribution is -2.36. The Morgan fingerprint density at radius 3 is 2.38 bits per heavy atom. The van der Waals surface area contributed by atoms with Crippen molar-refractivity contribution in [3.63, 3.8) is 0 Å². The molecule has 0 fully saturated rings. The Morgan fingerprint density at radius 1 is 1.24 bits per heavy atom. The van der Waals surface area contributed by atoms with Crippen molar-refractivity contribution in [1.82, 2.24) is 15.6 Å². The van der Waals surface area contributed by atoms with Gasteiger partial charge in [0.05, 0.1) is 0 Å². The third kappa shape index (κ3) is 5.28. The number of imide groups is 1. The molecule has 1 aromatic heterocycles. The average Bonchev–Trinajstić information content (AvgIpc) is 2.73. The lowest BCUT2D eigenvalue weighted by Gasteiger charge is -2.18. The number of amides is 2. The summed E-state index contributed by atoms with van der Waals surface area (Å²) >= 11 is 0. The van der Waals surface area contributed by atoms with E-state index >= 15 is 0 Å². The van der Waals surface area contributed by atoms with E-state index in [1.165, 1.54) is 0 Å². The van der Waals surface area contributed by atoms with Crippen LogP contribution in [0.3, 0.4) is 0 Å². The second-order valence-corrected chi connectivity index (χ2v) is 4.68. The predicted octanol–water partition coefficient (Wildman–Crippen LogP) is 1.67. The molecule has 0 aliphatic heterocycles. The van der Waals surface area contributed by atoms with Crippen LogP contribution in [0.25, 0.3) is 0 Å². The molecule has 1 aromatic rings. The molecule has 8 nitrogen and oxygen atoms in total. The van der Waals surface area contributed by atoms with Gasteiger partial charge in [-0.05, 0) is 31.1 Å². The minimum atomic E-state index is -3.46. The highest BCUT2D eigenvalue weighted by Gasteiger charge is 2.29. The first kappa shape index (κ1) is 16.7. The van der Waals surface area contributed by atoms with Crippen molar-refractivity contribution in [2.45, 2.75) is 39.2 Å². The first-order valence-electron chi connectivity index (χ1n) is 5.56. The van der Waals surface area contributed by atoms with E-state index in [1.807, 2.05) is 0 Å². The van der Waals surface area contributed by atoms with Gasteiger partial charge in [-0.2, -0.15) is 4.39 Å². The topological polar surface area (TPSA) is 104 Å². The highest BCUT2D eigenvalue weighted by atomic mass is 19.3. The number of halogens is 3. The number of alkyl carbamates (subject to hydrolysis) is 1. The fourth-order valence-corrected chi connectivity index (χ4v) is 1.01. The number of rotatable bonds is 4. The maximum Gasteiger partial charge on any atom is 0.414 e. The van der Waals surface area contributed by atoms with Crippen LogP contribution < -0.4 is 10.1 Å². The number of carbonyl (C=O) groups excluding carboxylic acids is 2. The fraction of sp³-hybridized carbons (Fsp3) is 0.600. The molecule has 2 amide bonds. The summed E-state index contributed by atoms with van der Waals surface area (Å²) in [5.74, 6) is -2.12. The van der Waals surface area contributed by atoms with Gasteiger partial charge in [-0.15, -0.1) is 0 Å². The van der Waals surface area contributed by atoms with Crippen molar-refractivity contribution in [1.29, 1.82) is 0 Å². The Balaban J connectivity index is 2.71. The van der Waals surface area contributed by atoms with Crippen molar-refractivity contribution < 1.29 is 36.9 Å². The number of aromatic nitrogens is 2. The molecule has 0 saturated heterocycles. The van der Waals surface area contributed by atoms with E-state index in [1.54, 1.807) is 26.1 Å². The molecule has 1 heterocycles. The Labute approximate surface area is 116 Å². The van der Waals surface area contributed by atoms with Gasteiger partial charge < -0.3 is 9.47 Å². The van der Waals surface area contributed by atoms with Crippen molar-refractivity contribution in [2.75, 3.05) is 0 Å². The maximum absolute atomic E-state index is 12.7. The zero-order valence-corrected chi connectivity index (χ0v) is 11.2. The van der Waals surface area contributed by atoms with Gasteiger partial charge in [0.15, 0.2) is 0 Å². The highest BCUT2D eigenvalue weighted by Crippen LogP contribution is 2.18. The summed E-state index contributed by atoms with van der Waals surface area (Å²) < 4.78 is 49.6. The number of nitrogens with zero attached hydrogens (tertiary/aromatic N) is 2. The molecule has 0 saturated carbocycles. The van der Waals surface area contributed by atoms with E-state index < -0.39 is 42.0 Å². The highest BCUT2D eigenvalue weighted by molar-refractivity contribution is 6.02. The van der Waals surface area contributed by atoms with Crippen LogP contribution in [0.4, 0.5) is 18.0 Å². The number of alkyl halides is 3. The Hall–Kier alpha value is -2.33. The number of nitrogens with one attached hydrogen (secondary N) is 1. The van der Waals surface area contributed by atoms with E-state index in [-0.39, 0.29) is 0 Å². The molecule has 0 aliphatic rings. The van der Waals surface area contributed by atoms with Crippen molar-refractivity contribution in [3.05, 3.63) is 5.69 Å². The molecule has 1 N–H and O–H groups in total. The molecule has 0 spiro atoms. The lowest BCUT2D eigenvalue weighted by molar-refractivity contribution is -0.0704. The third-order valence-corrected chi connectivity index (χ3v) is 1.71. The largest absolute Gasteiger partial charge is 0.444 e. The SMILES string of the molecule is CC(C)(C)OC(=O)NC(=O)c1nonc1OC(F)C(F)F. The minimum Gasteiger partial charge on any atom is -0.444 e. The molecule has 11 heteroatoms. The summed E-state index contributed by atoms with van der Waals surface area (Å²) in [6, 6.07) is 0. The summed E-state index contributed by atoms with van der Waals surface area (Å²) in [5, 5.41) is 7.71. The summed E-state index contributed by atoms with van der Waals surface area (Å²) in [6.07, 6.45) is -7.60.